The fourth-order valence-corrected chi connectivity index (χ4v) is 2.69. The second kappa shape index (κ2) is 5.84. The number of nitrogens with two attached hydrogens (primary N) is 1. The highest BCUT2D eigenvalue weighted by atomic mass is 32.1. The smallest absolute Gasteiger partial charge is 0.171 e. The van der Waals surface area contributed by atoms with Crippen molar-refractivity contribution in [3.05, 3.63) is 46.6 Å². The van der Waals surface area contributed by atoms with E-state index < -0.39 is 0 Å². The fourth-order valence-electron chi connectivity index (χ4n) is 1.79. The number of nitrogens with one attached hydrogen (secondary N) is 1. The van der Waals surface area contributed by atoms with Gasteiger partial charge in [-0.25, -0.2) is 4.39 Å². The molecule has 3 N–H and O–H groups in total. The van der Waals surface area contributed by atoms with Crippen molar-refractivity contribution in [2.75, 3.05) is 17.6 Å². The number of benzene rings is 1. The number of anilines is 2. The first kappa shape index (κ1) is 13.5. The van der Waals surface area contributed by atoms with E-state index in [2.05, 4.69) is 5.32 Å². The molecule has 0 bridgehead atoms. The summed E-state index contributed by atoms with van der Waals surface area (Å²) in [6.07, 6.45) is 0.583. The monoisotopic (exact) mass is 278 g/mol. The van der Waals surface area contributed by atoms with Gasteiger partial charge in [0.15, 0.2) is 5.78 Å². The van der Waals surface area contributed by atoms with Crippen molar-refractivity contribution in [1.29, 1.82) is 0 Å². The van der Waals surface area contributed by atoms with Crippen LogP contribution in [-0.2, 0) is 6.42 Å². The van der Waals surface area contributed by atoms with Crippen molar-refractivity contribution in [3.63, 3.8) is 0 Å². The van der Waals surface area contributed by atoms with Crippen LogP contribution in [0.4, 0.5) is 15.1 Å². The third-order valence-corrected chi connectivity index (χ3v) is 3.94. The third kappa shape index (κ3) is 3.32. The predicted molar refractivity (Wildman–Crippen MR) is 77.3 cm³/mol. The van der Waals surface area contributed by atoms with Gasteiger partial charge in [-0.1, -0.05) is 18.2 Å². The van der Waals surface area contributed by atoms with Gasteiger partial charge in [0, 0.05) is 13.5 Å². The molecular formula is C14H15FN2OS. The lowest BCUT2D eigenvalue weighted by Crippen LogP contribution is -2.04. The van der Waals surface area contributed by atoms with Crippen molar-refractivity contribution < 1.29 is 9.18 Å². The van der Waals surface area contributed by atoms with Crippen LogP contribution in [0.5, 0.6) is 0 Å². The van der Waals surface area contributed by atoms with E-state index in [0.29, 0.717) is 29.1 Å². The lowest BCUT2D eigenvalue weighted by atomic mass is 10.1. The van der Waals surface area contributed by atoms with E-state index in [1.54, 1.807) is 18.2 Å². The van der Waals surface area contributed by atoms with Gasteiger partial charge in [0.1, 0.15) is 5.82 Å². The van der Waals surface area contributed by atoms with E-state index >= 15 is 0 Å². The van der Waals surface area contributed by atoms with Crippen molar-refractivity contribution in [2.24, 2.45) is 0 Å². The maximum Gasteiger partial charge on any atom is 0.171 e. The summed E-state index contributed by atoms with van der Waals surface area (Å²) in [4.78, 5) is 11.8. The Morgan fingerprint density at radius 1 is 1.42 bits per heavy atom. The summed E-state index contributed by atoms with van der Waals surface area (Å²) in [6.45, 7) is 2.09. The number of hydrogen-bond acceptors (Lipinski definition) is 4. The van der Waals surface area contributed by atoms with Gasteiger partial charge in [-0.2, -0.15) is 0 Å². The minimum absolute atomic E-state index is 0.0374. The molecular weight excluding hydrogens is 263 g/mol. The van der Waals surface area contributed by atoms with Crippen LogP contribution < -0.4 is 11.1 Å². The van der Waals surface area contributed by atoms with Gasteiger partial charge in [0.05, 0.1) is 15.6 Å². The molecule has 0 aliphatic rings. The van der Waals surface area contributed by atoms with Crippen LogP contribution in [0, 0.1) is 5.82 Å². The zero-order chi connectivity index (χ0) is 13.8. The molecule has 100 valence electrons. The van der Waals surface area contributed by atoms with Crippen molar-refractivity contribution >= 4 is 27.8 Å². The second-order valence-corrected chi connectivity index (χ2v) is 5.27. The molecule has 1 heterocycles. The maximum absolute atomic E-state index is 13.4. The number of rotatable bonds is 5. The fraction of sp³-hybridized carbons (Fsp3) is 0.214. The molecule has 2 aromatic rings. The quantitative estimate of drug-likeness (QED) is 0.825. The molecule has 0 saturated heterocycles. The van der Waals surface area contributed by atoms with Crippen molar-refractivity contribution in [2.45, 2.75) is 13.3 Å². The number of ketones is 1. The minimum Gasteiger partial charge on any atom is -0.397 e. The summed E-state index contributed by atoms with van der Waals surface area (Å²) in [7, 11) is 0. The van der Waals surface area contributed by atoms with E-state index in [1.807, 2.05) is 6.07 Å². The highest BCUT2D eigenvalue weighted by Crippen LogP contribution is 2.29. The number of nitrogen functional groups attached to an aromatic ring is 1. The van der Waals surface area contributed by atoms with E-state index in [-0.39, 0.29) is 11.6 Å². The first-order chi connectivity index (χ1) is 9.08. The third-order valence-electron chi connectivity index (χ3n) is 2.73. The largest absolute Gasteiger partial charge is 0.397 e. The van der Waals surface area contributed by atoms with Gasteiger partial charge in [0.25, 0.3) is 0 Å². The first-order valence-electron chi connectivity index (χ1n) is 5.95. The molecule has 2 rings (SSSR count). The molecule has 0 saturated carbocycles. The van der Waals surface area contributed by atoms with Gasteiger partial charge in [-0.05, 0) is 24.1 Å². The standard InChI is InChI=1S/C14H15FN2OS/c1-9(18)14-12(16)8-13(19-14)17-7-6-10-4-2-3-5-11(10)15/h2-5,8,17H,6-7,16H2,1H3. The molecule has 5 heteroatoms. The molecule has 1 aromatic carbocycles. The summed E-state index contributed by atoms with van der Waals surface area (Å²) >= 11 is 1.33. The number of carbonyl (C=O) groups excluding carboxylic acids is 1. The Kier molecular flexibility index (Phi) is 4.16. The summed E-state index contributed by atoms with van der Waals surface area (Å²) in [6, 6.07) is 8.44. The number of halogens is 1. The normalized spacial score (nSPS) is 10.4. The predicted octanol–water partition coefficient (Wildman–Crippen LogP) is 3.33. The summed E-state index contributed by atoms with van der Waals surface area (Å²) in [5.41, 5.74) is 6.90. The van der Waals surface area contributed by atoms with Crippen LogP contribution in [0.1, 0.15) is 22.2 Å². The lowest BCUT2D eigenvalue weighted by Gasteiger charge is -2.04. The maximum atomic E-state index is 13.4. The average Bonchev–Trinajstić information content (AvgIpc) is 2.73. The molecule has 0 fully saturated rings. The molecule has 0 aliphatic carbocycles. The molecule has 3 nitrogen and oxygen atoms in total. The van der Waals surface area contributed by atoms with Crippen LogP contribution in [0.25, 0.3) is 0 Å². The molecule has 0 aliphatic heterocycles. The van der Waals surface area contributed by atoms with Crippen molar-refractivity contribution in [3.8, 4) is 0 Å². The summed E-state index contributed by atoms with van der Waals surface area (Å²) < 4.78 is 13.4. The van der Waals surface area contributed by atoms with E-state index in [1.165, 1.54) is 24.3 Å². The minimum atomic E-state index is -0.195. The highest BCUT2D eigenvalue weighted by Gasteiger charge is 2.10. The Morgan fingerprint density at radius 3 is 2.79 bits per heavy atom. The van der Waals surface area contributed by atoms with Gasteiger partial charge in [-0.3, -0.25) is 4.79 Å². The van der Waals surface area contributed by atoms with Crippen molar-refractivity contribution in [1.82, 2.24) is 0 Å². The number of carbonyl (C=O) groups is 1. The molecule has 0 atom stereocenters. The van der Waals surface area contributed by atoms with Crippen LogP contribution >= 0.6 is 11.3 Å². The van der Waals surface area contributed by atoms with Crippen LogP contribution in [0.3, 0.4) is 0 Å². The number of Topliss-reactive ketones (excluding diaryl/α,β-unsaturated/α-hetero) is 1. The van der Waals surface area contributed by atoms with Gasteiger partial charge >= 0.3 is 0 Å². The number of thiophene rings is 1. The Balaban J connectivity index is 1.95. The topological polar surface area (TPSA) is 55.1 Å². The first-order valence-corrected chi connectivity index (χ1v) is 6.77. The Hall–Kier alpha value is -1.88. The number of hydrogen-bond donors (Lipinski definition) is 2. The second-order valence-electron chi connectivity index (χ2n) is 4.22. The average molecular weight is 278 g/mol. The highest BCUT2D eigenvalue weighted by molar-refractivity contribution is 7.18. The van der Waals surface area contributed by atoms with Gasteiger partial charge < -0.3 is 11.1 Å². The Morgan fingerprint density at radius 2 is 2.16 bits per heavy atom. The van der Waals surface area contributed by atoms with E-state index in [4.69, 9.17) is 5.73 Å². The Bertz CT molecular complexity index is 595. The van der Waals surface area contributed by atoms with Crippen LogP contribution in [-0.4, -0.2) is 12.3 Å². The summed E-state index contributed by atoms with van der Waals surface area (Å²) in [5.74, 6) is -0.232. The van der Waals surface area contributed by atoms with E-state index in [0.717, 1.165) is 5.00 Å². The zero-order valence-electron chi connectivity index (χ0n) is 10.6. The Labute approximate surface area is 115 Å². The molecule has 1 aromatic heterocycles. The van der Waals surface area contributed by atoms with Gasteiger partial charge in [0.2, 0.25) is 0 Å². The zero-order valence-corrected chi connectivity index (χ0v) is 11.4. The molecule has 0 unspecified atom stereocenters. The van der Waals surface area contributed by atoms with E-state index in [9.17, 15) is 9.18 Å². The molecule has 19 heavy (non-hydrogen) atoms. The lowest BCUT2D eigenvalue weighted by molar-refractivity contribution is 0.102. The molecule has 0 amide bonds. The SMILES string of the molecule is CC(=O)c1sc(NCCc2ccccc2F)cc1N. The molecule has 0 spiro atoms. The van der Waals surface area contributed by atoms with Crippen LogP contribution in [0.2, 0.25) is 0 Å². The summed E-state index contributed by atoms with van der Waals surface area (Å²) in [5, 5.41) is 3.99. The van der Waals surface area contributed by atoms with Gasteiger partial charge in [-0.15, -0.1) is 11.3 Å². The van der Waals surface area contributed by atoms with Crippen LogP contribution in [0.15, 0.2) is 30.3 Å². The molecule has 0 radical (unpaired) electrons.